The summed E-state index contributed by atoms with van der Waals surface area (Å²) >= 11 is 1.37. The number of hydrogen-bond donors (Lipinski definition) is 3. The van der Waals surface area contributed by atoms with Gasteiger partial charge in [-0.1, -0.05) is 11.3 Å². The summed E-state index contributed by atoms with van der Waals surface area (Å²) in [6.07, 6.45) is 4.27. The van der Waals surface area contributed by atoms with Gasteiger partial charge in [0.1, 0.15) is 0 Å². The molecule has 7 nitrogen and oxygen atoms in total. The van der Waals surface area contributed by atoms with Crippen LogP contribution in [0.2, 0.25) is 0 Å². The van der Waals surface area contributed by atoms with E-state index in [1.165, 1.54) is 11.3 Å². The second-order valence-electron chi connectivity index (χ2n) is 5.05. The van der Waals surface area contributed by atoms with Gasteiger partial charge in [0, 0.05) is 19.3 Å². The summed E-state index contributed by atoms with van der Waals surface area (Å²) in [6.45, 7) is 0.472. The lowest BCUT2D eigenvalue weighted by atomic mass is 9.86. The van der Waals surface area contributed by atoms with Crippen molar-refractivity contribution in [2.75, 3.05) is 12.4 Å². The monoisotopic (exact) mass is 313 g/mol. The molecule has 1 aromatic heterocycles. The fourth-order valence-corrected chi connectivity index (χ4v) is 3.16. The van der Waals surface area contributed by atoms with Gasteiger partial charge in [-0.05, 0) is 25.7 Å². The van der Waals surface area contributed by atoms with Crippen LogP contribution in [0.3, 0.4) is 0 Å². The lowest BCUT2D eigenvalue weighted by Gasteiger charge is -2.26. The Labute approximate surface area is 126 Å². The minimum Gasteiger partial charge on any atom is -0.481 e. The maximum absolute atomic E-state index is 11.9. The van der Waals surface area contributed by atoms with Crippen LogP contribution in [-0.2, 0) is 16.1 Å². The Morgan fingerprint density at radius 3 is 2.76 bits per heavy atom. The van der Waals surface area contributed by atoms with Crippen molar-refractivity contribution in [2.24, 2.45) is 5.92 Å². The minimum absolute atomic E-state index is 0.0269. The van der Waals surface area contributed by atoms with Gasteiger partial charge in [0.15, 0.2) is 5.13 Å². The molecule has 1 heterocycles. The Morgan fingerprint density at radius 2 is 2.14 bits per heavy atom. The van der Waals surface area contributed by atoms with Crippen LogP contribution in [0.15, 0.2) is 6.20 Å². The number of aliphatic carboxylic acids is 1. The summed E-state index contributed by atoms with van der Waals surface area (Å²) in [5, 5.41) is 15.0. The maximum atomic E-state index is 11.9. The summed E-state index contributed by atoms with van der Waals surface area (Å²) in [7, 11) is 1.60. The first kappa shape index (κ1) is 15.7. The third kappa shape index (κ3) is 4.68. The molecule has 116 valence electrons. The van der Waals surface area contributed by atoms with Crippen LogP contribution in [0.5, 0.6) is 0 Å². The van der Waals surface area contributed by atoms with Crippen molar-refractivity contribution in [1.82, 2.24) is 10.3 Å². The molecule has 1 fully saturated rings. The number of rotatable bonds is 5. The molecule has 0 radical (unpaired) electrons. The first-order valence-corrected chi connectivity index (χ1v) is 7.64. The van der Waals surface area contributed by atoms with Gasteiger partial charge in [-0.3, -0.25) is 10.1 Å². The number of hydrogen-bond acceptors (Lipinski definition) is 5. The van der Waals surface area contributed by atoms with Gasteiger partial charge in [-0.2, -0.15) is 0 Å². The number of ether oxygens (including phenoxy) is 1. The van der Waals surface area contributed by atoms with Crippen molar-refractivity contribution in [1.29, 1.82) is 0 Å². The number of methoxy groups -OCH3 is 1. The largest absolute Gasteiger partial charge is 0.481 e. The molecular weight excluding hydrogens is 294 g/mol. The van der Waals surface area contributed by atoms with E-state index in [1.54, 1.807) is 13.3 Å². The summed E-state index contributed by atoms with van der Waals surface area (Å²) in [5.41, 5.74) is 0. The Hall–Kier alpha value is -1.67. The van der Waals surface area contributed by atoms with Gasteiger partial charge in [0.25, 0.3) is 0 Å². The Morgan fingerprint density at radius 1 is 1.43 bits per heavy atom. The second kappa shape index (κ2) is 7.37. The molecule has 0 atom stereocenters. The van der Waals surface area contributed by atoms with Crippen LogP contribution in [-0.4, -0.2) is 35.2 Å². The predicted molar refractivity (Wildman–Crippen MR) is 78.4 cm³/mol. The normalized spacial score (nSPS) is 21.8. The summed E-state index contributed by atoms with van der Waals surface area (Å²) < 4.78 is 4.99. The van der Waals surface area contributed by atoms with Gasteiger partial charge in [-0.25, -0.2) is 9.78 Å². The van der Waals surface area contributed by atoms with Crippen molar-refractivity contribution in [2.45, 2.75) is 38.3 Å². The molecule has 0 unspecified atom stereocenters. The molecule has 0 bridgehead atoms. The molecule has 8 heteroatoms. The lowest BCUT2D eigenvalue weighted by Crippen LogP contribution is -2.40. The fraction of sp³-hybridized carbons (Fsp3) is 0.615. The number of carbonyl (C=O) groups excluding carboxylic acids is 1. The van der Waals surface area contributed by atoms with E-state index >= 15 is 0 Å². The SMILES string of the molecule is COCc1cnc(NC(=O)NC2CCC(C(=O)O)CC2)s1. The average molecular weight is 313 g/mol. The third-order valence-corrected chi connectivity index (χ3v) is 4.36. The van der Waals surface area contributed by atoms with Crippen LogP contribution >= 0.6 is 11.3 Å². The Kier molecular flexibility index (Phi) is 5.51. The fourth-order valence-electron chi connectivity index (χ4n) is 2.38. The van der Waals surface area contributed by atoms with Gasteiger partial charge in [0.2, 0.25) is 0 Å². The number of nitrogens with zero attached hydrogens (tertiary/aromatic N) is 1. The van der Waals surface area contributed by atoms with Gasteiger partial charge in [-0.15, -0.1) is 0 Å². The van der Waals surface area contributed by atoms with Crippen molar-refractivity contribution in [3.05, 3.63) is 11.1 Å². The quantitative estimate of drug-likeness (QED) is 0.772. The number of carboxylic acid groups (broad SMARTS) is 1. The molecule has 2 amide bonds. The molecule has 0 spiro atoms. The number of aromatic nitrogens is 1. The number of carbonyl (C=O) groups is 2. The van der Waals surface area contributed by atoms with Gasteiger partial charge < -0.3 is 15.2 Å². The molecule has 1 aliphatic carbocycles. The lowest BCUT2D eigenvalue weighted by molar-refractivity contribution is -0.142. The minimum atomic E-state index is -0.744. The second-order valence-corrected chi connectivity index (χ2v) is 6.17. The third-order valence-electron chi connectivity index (χ3n) is 3.47. The number of thiazole rings is 1. The number of anilines is 1. The van der Waals surface area contributed by atoms with Gasteiger partial charge in [0.05, 0.1) is 17.4 Å². The van der Waals surface area contributed by atoms with Crippen molar-refractivity contribution >= 4 is 28.5 Å². The van der Waals surface area contributed by atoms with E-state index in [0.717, 1.165) is 4.88 Å². The first-order chi connectivity index (χ1) is 10.1. The standard InChI is InChI=1S/C13H19N3O4S/c1-20-7-10-6-14-13(21-10)16-12(19)15-9-4-2-8(3-5-9)11(17)18/h6,8-9H,2-5,7H2,1H3,(H,17,18)(H2,14,15,16,19). The molecule has 1 aliphatic rings. The average Bonchev–Trinajstić information content (AvgIpc) is 2.87. The van der Waals surface area contributed by atoms with Crippen LogP contribution < -0.4 is 10.6 Å². The van der Waals surface area contributed by atoms with E-state index in [-0.39, 0.29) is 18.0 Å². The summed E-state index contributed by atoms with van der Waals surface area (Å²) in [4.78, 5) is 27.8. The smallest absolute Gasteiger partial charge is 0.321 e. The van der Waals surface area contributed by atoms with E-state index in [4.69, 9.17) is 9.84 Å². The Balaban J connectivity index is 1.75. The van der Waals surface area contributed by atoms with Crippen LogP contribution in [0.25, 0.3) is 0 Å². The van der Waals surface area contributed by atoms with Gasteiger partial charge >= 0.3 is 12.0 Å². The number of nitrogens with one attached hydrogen (secondary N) is 2. The van der Waals surface area contributed by atoms with Crippen LogP contribution in [0.1, 0.15) is 30.6 Å². The molecule has 2 rings (SSSR count). The zero-order chi connectivity index (χ0) is 15.2. The molecular formula is C13H19N3O4S. The highest BCUT2D eigenvalue weighted by Gasteiger charge is 2.26. The topological polar surface area (TPSA) is 101 Å². The molecule has 21 heavy (non-hydrogen) atoms. The number of urea groups is 1. The molecule has 0 aliphatic heterocycles. The maximum Gasteiger partial charge on any atom is 0.321 e. The van der Waals surface area contributed by atoms with Crippen molar-refractivity contribution in [3.8, 4) is 0 Å². The zero-order valence-corrected chi connectivity index (χ0v) is 12.6. The van der Waals surface area contributed by atoms with E-state index in [2.05, 4.69) is 15.6 Å². The highest BCUT2D eigenvalue weighted by Crippen LogP contribution is 2.24. The Bertz CT molecular complexity index is 497. The molecule has 0 saturated heterocycles. The number of carboxylic acids is 1. The predicted octanol–water partition coefficient (Wildman–Crippen LogP) is 2.05. The molecule has 3 N–H and O–H groups in total. The van der Waals surface area contributed by atoms with E-state index in [1.807, 2.05) is 0 Å². The molecule has 1 saturated carbocycles. The molecule has 1 aromatic rings. The zero-order valence-electron chi connectivity index (χ0n) is 11.8. The van der Waals surface area contributed by atoms with E-state index in [9.17, 15) is 9.59 Å². The molecule has 0 aromatic carbocycles. The first-order valence-electron chi connectivity index (χ1n) is 6.82. The highest BCUT2D eigenvalue weighted by atomic mass is 32.1. The highest BCUT2D eigenvalue weighted by molar-refractivity contribution is 7.15. The van der Waals surface area contributed by atoms with Crippen molar-refractivity contribution in [3.63, 3.8) is 0 Å². The van der Waals surface area contributed by atoms with E-state index < -0.39 is 5.97 Å². The summed E-state index contributed by atoms with van der Waals surface area (Å²) in [6, 6.07) is -0.272. The van der Waals surface area contributed by atoms with Crippen LogP contribution in [0, 0.1) is 5.92 Å². The van der Waals surface area contributed by atoms with E-state index in [0.29, 0.717) is 37.4 Å². The van der Waals surface area contributed by atoms with Crippen molar-refractivity contribution < 1.29 is 19.4 Å². The number of amides is 2. The summed E-state index contributed by atoms with van der Waals surface area (Å²) in [5.74, 6) is -1.02. The van der Waals surface area contributed by atoms with Crippen LogP contribution in [0.4, 0.5) is 9.93 Å².